The number of rotatable bonds is 22. The van der Waals surface area contributed by atoms with Gasteiger partial charge in [0.2, 0.25) is 0 Å². The van der Waals surface area contributed by atoms with Crippen molar-refractivity contribution in [1.82, 2.24) is 0 Å². The number of unbranched alkanes of at least 4 members (excludes halogenated alkanes) is 16. The molecule has 0 aromatic heterocycles. The highest BCUT2D eigenvalue weighted by Crippen LogP contribution is 2.06. The SMILES string of the molecule is CCCCCCC(C)O.CCCCCCC(C)O.CCCCCCCCO.CCCCCCCCO. The lowest BCUT2D eigenvalue weighted by Crippen LogP contribution is -1.97. The third-order valence-corrected chi connectivity index (χ3v) is 5.97. The molecular weight excluding hydrogens is 448 g/mol. The lowest BCUT2D eigenvalue weighted by Gasteiger charge is -2.01. The molecule has 4 nitrogen and oxygen atoms in total. The Morgan fingerprint density at radius 3 is 0.806 bits per heavy atom. The first-order valence-electron chi connectivity index (χ1n) is 15.9. The maximum atomic E-state index is 8.85. The van der Waals surface area contributed by atoms with Crippen LogP contribution in [0.15, 0.2) is 0 Å². The van der Waals surface area contributed by atoms with Gasteiger partial charge >= 0.3 is 0 Å². The van der Waals surface area contributed by atoms with Crippen molar-refractivity contribution in [3.8, 4) is 0 Å². The molecule has 0 fully saturated rings. The second-order valence-electron chi connectivity index (χ2n) is 10.4. The molecular formula is C32H72O4. The maximum Gasteiger partial charge on any atom is 0.0512 e. The molecule has 0 aromatic carbocycles. The number of hydrogen-bond acceptors (Lipinski definition) is 4. The molecule has 2 atom stereocenters. The molecule has 0 radical (unpaired) electrons. The van der Waals surface area contributed by atoms with E-state index in [4.69, 9.17) is 20.4 Å². The average Bonchev–Trinajstić information content (AvgIpc) is 2.85. The molecule has 0 saturated carbocycles. The number of aliphatic hydroxyl groups is 4. The van der Waals surface area contributed by atoms with Gasteiger partial charge in [0.1, 0.15) is 0 Å². The summed E-state index contributed by atoms with van der Waals surface area (Å²) in [7, 11) is 0. The van der Waals surface area contributed by atoms with Crippen LogP contribution in [0, 0.1) is 0 Å². The van der Waals surface area contributed by atoms with E-state index < -0.39 is 0 Å². The van der Waals surface area contributed by atoms with Crippen molar-refractivity contribution < 1.29 is 20.4 Å². The van der Waals surface area contributed by atoms with Crippen LogP contribution in [0.1, 0.15) is 183 Å². The summed E-state index contributed by atoms with van der Waals surface area (Å²) in [5, 5.41) is 34.5. The van der Waals surface area contributed by atoms with Crippen molar-refractivity contribution in [3.05, 3.63) is 0 Å². The Morgan fingerprint density at radius 2 is 0.583 bits per heavy atom. The van der Waals surface area contributed by atoms with Crippen LogP contribution >= 0.6 is 0 Å². The smallest absolute Gasteiger partial charge is 0.0512 e. The van der Waals surface area contributed by atoms with E-state index in [-0.39, 0.29) is 12.2 Å². The van der Waals surface area contributed by atoms with E-state index >= 15 is 0 Å². The van der Waals surface area contributed by atoms with Gasteiger partial charge in [-0.3, -0.25) is 0 Å². The van der Waals surface area contributed by atoms with Gasteiger partial charge in [-0.15, -0.1) is 0 Å². The van der Waals surface area contributed by atoms with Gasteiger partial charge in [-0.1, -0.05) is 143 Å². The molecule has 0 heterocycles. The lowest BCUT2D eigenvalue weighted by atomic mass is 10.1. The highest BCUT2D eigenvalue weighted by Gasteiger charge is 1.94. The fraction of sp³-hybridized carbons (Fsp3) is 1.00. The predicted octanol–water partition coefficient (Wildman–Crippen LogP) is 9.35. The summed E-state index contributed by atoms with van der Waals surface area (Å²) < 4.78 is 0. The average molecular weight is 521 g/mol. The summed E-state index contributed by atoms with van der Waals surface area (Å²) in [6.45, 7) is 13.3. The van der Waals surface area contributed by atoms with Crippen LogP contribution in [-0.4, -0.2) is 45.8 Å². The van der Waals surface area contributed by atoms with Gasteiger partial charge in [-0.2, -0.15) is 0 Å². The van der Waals surface area contributed by atoms with Crippen molar-refractivity contribution >= 4 is 0 Å². The molecule has 0 aliphatic carbocycles. The van der Waals surface area contributed by atoms with Crippen LogP contribution in [0.2, 0.25) is 0 Å². The predicted molar refractivity (Wildman–Crippen MR) is 162 cm³/mol. The standard InChI is InChI=1S/4C8H18O/c2*1-3-4-5-6-7-8(2)9;2*1-2-3-4-5-6-7-8-9/h2*8-9H,3-7H2,1-2H3;2*9H,2-8H2,1H3. The minimum absolute atomic E-state index is 0.0955. The summed E-state index contributed by atoms with van der Waals surface area (Å²) in [6, 6.07) is 0. The first-order valence-corrected chi connectivity index (χ1v) is 15.9. The molecule has 0 spiro atoms. The van der Waals surface area contributed by atoms with E-state index in [2.05, 4.69) is 27.7 Å². The Bertz CT molecular complexity index is 267. The first kappa shape index (κ1) is 42.9. The largest absolute Gasteiger partial charge is 0.396 e. The van der Waals surface area contributed by atoms with E-state index in [9.17, 15) is 0 Å². The topological polar surface area (TPSA) is 80.9 Å². The molecule has 36 heavy (non-hydrogen) atoms. The summed E-state index contributed by atoms with van der Waals surface area (Å²) in [5.74, 6) is 0. The first-order chi connectivity index (χ1) is 17.4. The van der Waals surface area contributed by atoms with Gasteiger partial charge < -0.3 is 20.4 Å². The van der Waals surface area contributed by atoms with Crippen LogP contribution in [-0.2, 0) is 0 Å². The van der Waals surface area contributed by atoms with Gasteiger partial charge in [-0.25, -0.2) is 0 Å². The van der Waals surface area contributed by atoms with Crippen molar-refractivity contribution in [2.75, 3.05) is 13.2 Å². The molecule has 4 heteroatoms. The fourth-order valence-corrected chi connectivity index (χ4v) is 3.52. The molecule has 0 saturated heterocycles. The molecule has 0 aromatic rings. The third kappa shape index (κ3) is 64.2. The second-order valence-corrected chi connectivity index (χ2v) is 10.4. The molecule has 2 unspecified atom stereocenters. The quantitative estimate of drug-likeness (QED) is 0.107. The minimum atomic E-state index is -0.0955. The van der Waals surface area contributed by atoms with Crippen molar-refractivity contribution in [2.45, 2.75) is 195 Å². The van der Waals surface area contributed by atoms with Crippen molar-refractivity contribution in [2.24, 2.45) is 0 Å². The molecule has 0 amide bonds. The maximum absolute atomic E-state index is 8.85. The summed E-state index contributed by atoms with van der Waals surface area (Å²) in [4.78, 5) is 0. The normalized spacial score (nSPS) is 11.8. The summed E-state index contributed by atoms with van der Waals surface area (Å²) >= 11 is 0. The van der Waals surface area contributed by atoms with Crippen LogP contribution in [0.25, 0.3) is 0 Å². The summed E-state index contributed by atoms with van der Waals surface area (Å²) in [6.07, 6.45) is 26.9. The summed E-state index contributed by atoms with van der Waals surface area (Å²) in [5.41, 5.74) is 0. The zero-order valence-corrected chi connectivity index (χ0v) is 25.9. The van der Waals surface area contributed by atoms with Crippen LogP contribution < -0.4 is 0 Å². The molecule has 224 valence electrons. The third-order valence-electron chi connectivity index (χ3n) is 5.97. The van der Waals surface area contributed by atoms with Gasteiger partial charge in [0.05, 0.1) is 12.2 Å². The van der Waals surface area contributed by atoms with E-state index in [0.717, 1.165) is 25.7 Å². The van der Waals surface area contributed by atoms with Crippen LogP contribution in [0.4, 0.5) is 0 Å². The van der Waals surface area contributed by atoms with Crippen molar-refractivity contribution in [1.29, 1.82) is 0 Å². The van der Waals surface area contributed by atoms with Gasteiger partial charge in [0.15, 0.2) is 0 Å². The van der Waals surface area contributed by atoms with Crippen molar-refractivity contribution in [3.63, 3.8) is 0 Å². The molecule has 0 aliphatic heterocycles. The lowest BCUT2D eigenvalue weighted by molar-refractivity contribution is 0.180. The van der Waals surface area contributed by atoms with E-state index in [1.54, 1.807) is 0 Å². The van der Waals surface area contributed by atoms with Gasteiger partial charge in [-0.05, 0) is 39.5 Å². The zero-order valence-electron chi connectivity index (χ0n) is 25.9. The van der Waals surface area contributed by atoms with Crippen LogP contribution in [0.3, 0.4) is 0 Å². The van der Waals surface area contributed by atoms with E-state index in [1.807, 2.05) is 13.8 Å². The second kappa shape index (κ2) is 44.8. The Labute approximate surface area is 228 Å². The Kier molecular flexibility index (Phi) is 53.4. The molecule has 0 bridgehead atoms. The molecule has 4 N–H and O–H groups in total. The molecule has 0 rings (SSSR count). The van der Waals surface area contributed by atoms with Gasteiger partial charge in [0, 0.05) is 13.2 Å². The highest BCUT2D eigenvalue weighted by molar-refractivity contribution is 4.48. The Balaban J connectivity index is -0.000000190. The number of aliphatic hydroxyl groups excluding tert-OH is 4. The Hall–Kier alpha value is -0.160. The minimum Gasteiger partial charge on any atom is -0.396 e. The van der Waals surface area contributed by atoms with E-state index in [0.29, 0.717) is 13.2 Å². The zero-order chi connectivity index (χ0) is 28.1. The number of hydrogen-bond donors (Lipinski definition) is 4. The van der Waals surface area contributed by atoms with Gasteiger partial charge in [0.25, 0.3) is 0 Å². The Morgan fingerprint density at radius 1 is 0.361 bits per heavy atom. The monoisotopic (exact) mass is 521 g/mol. The highest BCUT2D eigenvalue weighted by atomic mass is 16.3. The van der Waals surface area contributed by atoms with E-state index in [1.165, 1.54) is 116 Å². The molecule has 0 aliphatic rings. The fourth-order valence-electron chi connectivity index (χ4n) is 3.52. The van der Waals surface area contributed by atoms with Crippen LogP contribution in [0.5, 0.6) is 0 Å².